The molecule has 0 heterocycles. The molecule has 1 N–H and O–H groups in total. The third kappa shape index (κ3) is 3.90. The highest BCUT2D eigenvalue weighted by atomic mass is 32.2. The molecule has 1 nitrogen and oxygen atoms in total. The van der Waals surface area contributed by atoms with E-state index in [1.165, 1.54) is 44.3 Å². The van der Waals surface area contributed by atoms with Gasteiger partial charge in [0.15, 0.2) is 0 Å². The standard InChI is InChI=1S/C11H23NS/c1-12-11-8-4-3-6-10(11)7-5-9-13-2/h10-12H,3-9H2,1-2H3. The van der Waals surface area contributed by atoms with Gasteiger partial charge in [0, 0.05) is 6.04 Å². The van der Waals surface area contributed by atoms with Crippen LogP contribution in [0.15, 0.2) is 0 Å². The van der Waals surface area contributed by atoms with E-state index in [2.05, 4.69) is 18.6 Å². The second-order valence-corrected chi connectivity index (χ2v) is 5.06. The van der Waals surface area contributed by atoms with Crippen LogP contribution in [0.5, 0.6) is 0 Å². The first kappa shape index (κ1) is 11.4. The van der Waals surface area contributed by atoms with Gasteiger partial charge in [-0.15, -0.1) is 0 Å². The molecular weight excluding hydrogens is 178 g/mol. The van der Waals surface area contributed by atoms with Gasteiger partial charge in [-0.2, -0.15) is 11.8 Å². The largest absolute Gasteiger partial charge is 0.317 e. The predicted octanol–water partition coefficient (Wildman–Crippen LogP) is 2.91. The fraction of sp³-hybridized carbons (Fsp3) is 1.00. The summed E-state index contributed by atoms with van der Waals surface area (Å²) in [5.74, 6) is 2.30. The first-order valence-electron chi connectivity index (χ1n) is 5.54. The third-order valence-corrected chi connectivity index (χ3v) is 3.90. The van der Waals surface area contributed by atoms with E-state index in [-0.39, 0.29) is 0 Å². The lowest BCUT2D eigenvalue weighted by atomic mass is 9.82. The number of hydrogen-bond donors (Lipinski definition) is 1. The highest BCUT2D eigenvalue weighted by Gasteiger charge is 2.22. The van der Waals surface area contributed by atoms with Crippen LogP contribution in [0.4, 0.5) is 0 Å². The fourth-order valence-corrected chi connectivity index (χ4v) is 2.88. The molecule has 2 unspecified atom stereocenters. The zero-order valence-corrected chi connectivity index (χ0v) is 9.83. The van der Waals surface area contributed by atoms with Gasteiger partial charge >= 0.3 is 0 Å². The van der Waals surface area contributed by atoms with E-state index in [1.54, 1.807) is 0 Å². The number of nitrogens with one attached hydrogen (secondary N) is 1. The Morgan fingerprint density at radius 3 is 2.77 bits per heavy atom. The topological polar surface area (TPSA) is 12.0 Å². The van der Waals surface area contributed by atoms with Crippen molar-refractivity contribution in [1.29, 1.82) is 0 Å². The summed E-state index contributed by atoms with van der Waals surface area (Å²) in [6.07, 6.45) is 10.8. The van der Waals surface area contributed by atoms with Crippen LogP contribution in [-0.4, -0.2) is 25.1 Å². The van der Waals surface area contributed by atoms with Crippen LogP contribution in [-0.2, 0) is 0 Å². The lowest BCUT2D eigenvalue weighted by molar-refractivity contribution is 0.259. The molecule has 0 aromatic rings. The fourth-order valence-electron chi connectivity index (χ4n) is 2.42. The van der Waals surface area contributed by atoms with Crippen LogP contribution >= 0.6 is 11.8 Å². The predicted molar refractivity (Wildman–Crippen MR) is 62.4 cm³/mol. The van der Waals surface area contributed by atoms with Crippen molar-refractivity contribution >= 4 is 11.8 Å². The van der Waals surface area contributed by atoms with E-state index in [4.69, 9.17) is 0 Å². The molecule has 0 saturated heterocycles. The monoisotopic (exact) mass is 201 g/mol. The van der Waals surface area contributed by atoms with Gasteiger partial charge in [-0.05, 0) is 50.7 Å². The molecule has 0 spiro atoms. The van der Waals surface area contributed by atoms with E-state index in [1.807, 2.05) is 11.8 Å². The molecule has 13 heavy (non-hydrogen) atoms. The molecule has 1 saturated carbocycles. The van der Waals surface area contributed by atoms with Crippen LogP contribution in [0.25, 0.3) is 0 Å². The summed E-state index contributed by atoms with van der Waals surface area (Å²) < 4.78 is 0. The summed E-state index contributed by atoms with van der Waals surface area (Å²) >= 11 is 1.98. The van der Waals surface area contributed by atoms with E-state index in [9.17, 15) is 0 Å². The smallest absolute Gasteiger partial charge is 0.00923 e. The summed E-state index contributed by atoms with van der Waals surface area (Å²) in [7, 11) is 2.12. The Labute approximate surface area is 87.1 Å². The molecule has 0 aromatic carbocycles. The Morgan fingerprint density at radius 1 is 1.31 bits per heavy atom. The minimum Gasteiger partial charge on any atom is -0.317 e. The van der Waals surface area contributed by atoms with Gasteiger partial charge in [0.1, 0.15) is 0 Å². The Balaban J connectivity index is 2.19. The van der Waals surface area contributed by atoms with Crippen molar-refractivity contribution in [2.24, 2.45) is 5.92 Å². The summed E-state index contributed by atoms with van der Waals surface area (Å²) in [6, 6.07) is 0.815. The summed E-state index contributed by atoms with van der Waals surface area (Å²) in [5, 5.41) is 3.47. The summed E-state index contributed by atoms with van der Waals surface area (Å²) in [5.41, 5.74) is 0. The van der Waals surface area contributed by atoms with Crippen molar-refractivity contribution in [1.82, 2.24) is 5.32 Å². The molecule has 0 radical (unpaired) electrons. The van der Waals surface area contributed by atoms with Gasteiger partial charge in [-0.25, -0.2) is 0 Å². The molecule has 2 heteroatoms. The molecule has 0 bridgehead atoms. The first-order valence-corrected chi connectivity index (χ1v) is 6.94. The molecule has 1 fully saturated rings. The van der Waals surface area contributed by atoms with Gasteiger partial charge < -0.3 is 5.32 Å². The zero-order chi connectivity index (χ0) is 9.52. The SMILES string of the molecule is CNC1CCCCC1CCCSC. The minimum atomic E-state index is 0.815. The van der Waals surface area contributed by atoms with Gasteiger partial charge in [0.05, 0.1) is 0 Å². The second kappa shape index (κ2) is 6.72. The number of rotatable bonds is 5. The Morgan fingerprint density at radius 2 is 2.08 bits per heavy atom. The van der Waals surface area contributed by atoms with Crippen molar-refractivity contribution in [2.75, 3.05) is 19.1 Å². The molecule has 1 aliphatic carbocycles. The Bertz CT molecular complexity index is 127. The maximum absolute atomic E-state index is 3.47. The second-order valence-electron chi connectivity index (χ2n) is 4.07. The molecule has 1 aliphatic rings. The van der Waals surface area contributed by atoms with Gasteiger partial charge in [-0.1, -0.05) is 12.8 Å². The molecule has 0 aliphatic heterocycles. The van der Waals surface area contributed by atoms with Crippen molar-refractivity contribution in [3.8, 4) is 0 Å². The molecule has 2 atom stereocenters. The van der Waals surface area contributed by atoms with Crippen molar-refractivity contribution < 1.29 is 0 Å². The van der Waals surface area contributed by atoms with E-state index in [0.29, 0.717) is 0 Å². The first-order chi connectivity index (χ1) is 6.38. The van der Waals surface area contributed by atoms with E-state index in [0.717, 1.165) is 12.0 Å². The minimum absolute atomic E-state index is 0.815. The van der Waals surface area contributed by atoms with Crippen molar-refractivity contribution in [3.05, 3.63) is 0 Å². The number of hydrogen-bond acceptors (Lipinski definition) is 2. The normalized spacial score (nSPS) is 29.1. The van der Waals surface area contributed by atoms with E-state index < -0.39 is 0 Å². The maximum atomic E-state index is 3.47. The van der Waals surface area contributed by atoms with Gasteiger partial charge in [0.25, 0.3) is 0 Å². The highest BCUT2D eigenvalue weighted by Crippen LogP contribution is 2.28. The zero-order valence-electron chi connectivity index (χ0n) is 9.01. The summed E-state index contributed by atoms with van der Waals surface area (Å²) in [4.78, 5) is 0. The average Bonchev–Trinajstić information content (AvgIpc) is 2.19. The average molecular weight is 201 g/mol. The van der Waals surface area contributed by atoms with Gasteiger partial charge in [0.2, 0.25) is 0 Å². The Kier molecular flexibility index (Phi) is 5.88. The number of thioether (sulfide) groups is 1. The van der Waals surface area contributed by atoms with Crippen LogP contribution in [0, 0.1) is 5.92 Å². The Hall–Kier alpha value is 0.310. The molecular formula is C11H23NS. The van der Waals surface area contributed by atoms with E-state index >= 15 is 0 Å². The van der Waals surface area contributed by atoms with Crippen LogP contribution in [0.1, 0.15) is 38.5 Å². The molecule has 0 aromatic heterocycles. The maximum Gasteiger partial charge on any atom is 0.00923 e. The van der Waals surface area contributed by atoms with Crippen LogP contribution in [0.3, 0.4) is 0 Å². The van der Waals surface area contributed by atoms with Crippen LogP contribution in [0.2, 0.25) is 0 Å². The van der Waals surface area contributed by atoms with Crippen LogP contribution < -0.4 is 5.32 Å². The molecule has 1 rings (SSSR count). The molecule has 78 valence electrons. The van der Waals surface area contributed by atoms with Crippen molar-refractivity contribution in [3.63, 3.8) is 0 Å². The molecule has 0 amide bonds. The summed E-state index contributed by atoms with van der Waals surface area (Å²) in [6.45, 7) is 0. The third-order valence-electron chi connectivity index (χ3n) is 3.20. The highest BCUT2D eigenvalue weighted by molar-refractivity contribution is 7.98. The van der Waals surface area contributed by atoms with Crippen molar-refractivity contribution in [2.45, 2.75) is 44.6 Å². The quantitative estimate of drug-likeness (QED) is 0.686. The van der Waals surface area contributed by atoms with Gasteiger partial charge in [-0.3, -0.25) is 0 Å². The lowest BCUT2D eigenvalue weighted by Gasteiger charge is -2.31. The lowest BCUT2D eigenvalue weighted by Crippen LogP contribution is -2.36.